The van der Waals surface area contributed by atoms with E-state index in [4.69, 9.17) is 9.47 Å². The normalized spacial score (nSPS) is 21.3. The molecule has 3 N–H and O–H groups in total. The van der Waals surface area contributed by atoms with E-state index in [0.29, 0.717) is 53.4 Å². The van der Waals surface area contributed by atoms with Gasteiger partial charge in [-0.25, -0.2) is 14.4 Å². The van der Waals surface area contributed by atoms with E-state index in [1.807, 2.05) is 32.0 Å². The lowest BCUT2D eigenvalue weighted by atomic mass is 9.89. The number of amides is 2. The molecular formula is C28H34FN5O4. The van der Waals surface area contributed by atoms with Gasteiger partial charge in [0, 0.05) is 30.8 Å². The van der Waals surface area contributed by atoms with Gasteiger partial charge in [-0.2, -0.15) is 0 Å². The highest BCUT2D eigenvalue weighted by molar-refractivity contribution is 6.09. The molecule has 202 valence electrons. The molecule has 5 rings (SSSR count). The Balaban J connectivity index is 1.35. The predicted octanol–water partition coefficient (Wildman–Crippen LogP) is 3.78. The van der Waals surface area contributed by atoms with Crippen molar-refractivity contribution in [1.82, 2.24) is 25.6 Å². The number of hydrogen-bond acceptors (Lipinski definition) is 6. The maximum absolute atomic E-state index is 14.8. The molecule has 2 aliphatic carbocycles. The molecule has 2 aromatic heterocycles. The monoisotopic (exact) mass is 523 g/mol. The fraction of sp³-hybridized carbons (Fsp3) is 0.500. The summed E-state index contributed by atoms with van der Waals surface area (Å²) in [6.45, 7) is 4.40. The standard InChI is InChI=1S/C28H34FN5O4/c1-15-4-9-22(38-12-17-5-6-17)19(10-15)25-27-26(31-14-30-25)24(16(2)32-27)28(36)33-18-7-8-21(20(29)11-18)34-23(35)13-37-3/h4,9-10,14,17-18,20-21,32H,5-8,11-13H2,1-3H3,(H,33,36)(H,34,35)/t18-,20+,21-/m0/s1. The van der Waals surface area contributed by atoms with Crippen LogP contribution in [0.25, 0.3) is 22.3 Å². The van der Waals surface area contributed by atoms with Crippen molar-refractivity contribution in [2.45, 2.75) is 64.2 Å². The topological polar surface area (TPSA) is 118 Å². The third-order valence-corrected chi connectivity index (χ3v) is 7.29. The number of carbonyl (C=O) groups is 2. The lowest BCUT2D eigenvalue weighted by Crippen LogP contribution is -2.50. The van der Waals surface area contributed by atoms with E-state index in [2.05, 4.69) is 25.6 Å². The molecule has 0 unspecified atom stereocenters. The van der Waals surface area contributed by atoms with Gasteiger partial charge in [0.25, 0.3) is 5.91 Å². The van der Waals surface area contributed by atoms with Crippen LogP contribution in [0.3, 0.4) is 0 Å². The van der Waals surface area contributed by atoms with Crippen molar-refractivity contribution in [3.63, 3.8) is 0 Å². The lowest BCUT2D eigenvalue weighted by Gasteiger charge is -2.32. The Labute approximate surface area is 220 Å². The quantitative estimate of drug-likeness (QED) is 0.393. The summed E-state index contributed by atoms with van der Waals surface area (Å²) >= 11 is 0. The summed E-state index contributed by atoms with van der Waals surface area (Å²) in [5.74, 6) is 0.705. The van der Waals surface area contributed by atoms with Crippen molar-refractivity contribution in [2.75, 3.05) is 20.3 Å². The smallest absolute Gasteiger partial charge is 0.255 e. The van der Waals surface area contributed by atoms with Crippen LogP contribution in [0.2, 0.25) is 0 Å². The van der Waals surface area contributed by atoms with Crippen molar-refractivity contribution in [3.8, 4) is 17.0 Å². The number of rotatable bonds is 9. The van der Waals surface area contributed by atoms with Gasteiger partial charge in [-0.3, -0.25) is 9.59 Å². The predicted molar refractivity (Wildman–Crippen MR) is 141 cm³/mol. The summed E-state index contributed by atoms with van der Waals surface area (Å²) in [7, 11) is 1.42. The number of benzene rings is 1. The van der Waals surface area contributed by atoms with Gasteiger partial charge in [0.15, 0.2) is 0 Å². The maximum Gasteiger partial charge on any atom is 0.255 e. The lowest BCUT2D eigenvalue weighted by molar-refractivity contribution is -0.126. The Bertz CT molecular complexity index is 1340. The summed E-state index contributed by atoms with van der Waals surface area (Å²) in [5, 5.41) is 5.65. The second-order valence-electron chi connectivity index (χ2n) is 10.4. The molecule has 1 aromatic carbocycles. The zero-order valence-electron chi connectivity index (χ0n) is 22.0. The maximum atomic E-state index is 14.8. The summed E-state index contributed by atoms with van der Waals surface area (Å²) in [6, 6.07) is 5.08. The SMILES string of the molecule is COCC(=O)N[C@H]1CC[C@H](NC(=O)c2c(C)[nH]c3c(-c4cc(C)ccc4OCC4CC4)ncnc23)C[C@H]1F. The highest BCUT2D eigenvalue weighted by atomic mass is 19.1. The number of nitrogens with zero attached hydrogens (tertiary/aromatic N) is 2. The first kappa shape index (κ1) is 26.1. The first-order valence-corrected chi connectivity index (χ1v) is 13.1. The molecule has 0 aliphatic heterocycles. The van der Waals surface area contributed by atoms with Crippen LogP contribution in [-0.4, -0.2) is 65.3 Å². The highest BCUT2D eigenvalue weighted by Gasteiger charge is 2.33. The molecule has 2 fully saturated rings. The Morgan fingerprint density at radius 3 is 2.68 bits per heavy atom. The molecule has 0 saturated heterocycles. The first-order valence-electron chi connectivity index (χ1n) is 13.1. The van der Waals surface area contributed by atoms with E-state index in [0.717, 1.165) is 16.9 Å². The fourth-order valence-electron chi connectivity index (χ4n) is 5.10. The van der Waals surface area contributed by atoms with E-state index < -0.39 is 12.2 Å². The largest absolute Gasteiger partial charge is 0.493 e. The van der Waals surface area contributed by atoms with Crippen LogP contribution in [0.5, 0.6) is 5.75 Å². The average molecular weight is 524 g/mol. The molecule has 3 aromatic rings. The minimum Gasteiger partial charge on any atom is -0.493 e. The number of carbonyl (C=O) groups excluding carboxylic acids is 2. The van der Waals surface area contributed by atoms with Gasteiger partial charge in [-0.05, 0) is 57.6 Å². The molecule has 2 aliphatic rings. The molecule has 2 heterocycles. The van der Waals surface area contributed by atoms with E-state index in [9.17, 15) is 14.0 Å². The Hall–Kier alpha value is -3.53. The van der Waals surface area contributed by atoms with E-state index >= 15 is 0 Å². The molecule has 38 heavy (non-hydrogen) atoms. The fourth-order valence-corrected chi connectivity index (χ4v) is 5.10. The van der Waals surface area contributed by atoms with E-state index in [-0.39, 0.29) is 30.9 Å². The Morgan fingerprint density at radius 1 is 1.13 bits per heavy atom. The van der Waals surface area contributed by atoms with Crippen LogP contribution in [0.4, 0.5) is 4.39 Å². The molecule has 0 spiro atoms. The number of aromatic amines is 1. The van der Waals surface area contributed by atoms with Gasteiger partial charge in [0.1, 0.15) is 36.1 Å². The molecule has 10 heteroatoms. The molecule has 2 amide bonds. The van der Waals surface area contributed by atoms with Gasteiger partial charge < -0.3 is 25.1 Å². The molecule has 2 saturated carbocycles. The zero-order valence-corrected chi connectivity index (χ0v) is 22.0. The molecular weight excluding hydrogens is 489 g/mol. The molecule has 9 nitrogen and oxygen atoms in total. The third kappa shape index (κ3) is 5.65. The minimum absolute atomic E-state index is 0.107. The average Bonchev–Trinajstić information content (AvgIpc) is 3.64. The zero-order chi connectivity index (χ0) is 26.8. The van der Waals surface area contributed by atoms with Crippen LogP contribution in [0, 0.1) is 19.8 Å². The van der Waals surface area contributed by atoms with Crippen molar-refractivity contribution < 1.29 is 23.5 Å². The van der Waals surface area contributed by atoms with Crippen molar-refractivity contribution in [1.29, 1.82) is 0 Å². The van der Waals surface area contributed by atoms with Gasteiger partial charge in [-0.1, -0.05) is 11.6 Å². The van der Waals surface area contributed by atoms with Crippen LogP contribution in [0.1, 0.15) is 53.7 Å². The molecule has 0 radical (unpaired) electrons. The Morgan fingerprint density at radius 2 is 1.95 bits per heavy atom. The third-order valence-electron chi connectivity index (χ3n) is 7.29. The van der Waals surface area contributed by atoms with Crippen molar-refractivity contribution in [2.24, 2.45) is 5.92 Å². The van der Waals surface area contributed by atoms with E-state index in [1.165, 1.54) is 26.3 Å². The number of halogens is 1. The number of methoxy groups -OCH3 is 1. The highest BCUT2D eigenvalue weighted by Crippen LogP contribution is 2.37. The van der Waals surface area contributed by atoms with Crippen LogP contribution >= 0.6 is 0 Å². The first-order chi connectivity index (χ1) is 18.3. The summed E-state index contributed by atoms with van der Waals surface area (Å²) in [5.41, 5.74) is 4.83. The minimum atomic E-state index is -1.26. The van der Waals surface area contributed by atoms with Crippen molar-refractivity contribution >= 4 is 22.8 Å². The van der Waals surface area contributed by atoms with Crippen LogP contribution in [0.15, 0.2) is 24.5 Å². The van der Waals surface area contributed by atoms with Gasteiger partial charge in [0.05, 0.1) is 23.7 Å². The second-order valence-corrected chi connectivity index (χ2v) is 10.4. The number of H-pyrrole nitrogens is 1. The number of ether oxygens (including phenoxy) is 2. The summed E-state index contributed by atoms with van der Waals surface area (Å²) < 4.78 is 25.7. The van der Waals surface area contributed by atoms with Gasteiger partial charge in [-0.15, -0.1) is 0 Å². The van der Waals surface area contributed by atoms with Gasteiger partial charge in [0.2, 0.25) is 5.91 Å². The summed E-state index contributed by atoms with van der Waals surface area (Å²) in [4.78, 5) is 37.5. The number of nitrogens with one attached hydrogen (secondary N) is 3. The number of aryl methyl sites for hydroxylation is 2. The number of aromatic nitrogens is 3. The molecule has 0 bridgehead atoms. The number of fused-ring (bicyclic) bond motifs is 1. The number of hydrogen-bond donors (Lipinski definition) is 3. The summed E-state index contributed by atoms with van der Waals surface area (Å²) in [6.07, 6.45) is 3.69. The van der Waals surface area contributed by atoms with Crippen LogP contribution < -0.4 is 15.4 Å². The number of alkyl halides is 1. The van der Waals surface area contributed by atoms with E-state index in [1.54, 1.807) is 0 Å². The second kappa shape index (κ2) is 11.1. The molecule has 3 atom stereocenters. The van der Waals surface area contributed by atoms with Crippen LogP contribution in [-0.2, 0) is 9.53 Å². The van der Waals surface area contributed by atoms with Gasteiger partial charge >= 0.3 is 0 Å². The van der Waals surface area contributed by atoms with Crippen molar-refractivity contribution in [3.05, 3.63) is 41.3 Å². The Kier molecular flexibility index (Phi) is 7.60.